The number of aliphatic hydroxyl groups excluding tert-OH is 1. The molecule has 0 spiro atoms. The molecule has 0 aliphatic heterocycles. The van der Waals surface area contributed by atoms with Crippen molar-refractivity contribution in [3.8, 4) is 21.7 Å². The largest absolute Gasteiger partial charge is 0.512 e. The number of fused-ring (bicyclic) bond motifs is 4. The number of para-hydroxylation sites is 1. The molecule has 0 aliphatic rings. The summed E-state index contributed by atoms with van der Waals surface area (Å²) in [6.07, 6.45) is 1.17. The predicted molar refractivity (Wildman–Crippen MR) is 153 cm³/mol. The minimum Gasteiger partial charge on any atom is -0.512 e. The number of carbonyl (C=O) groups is 1. The summed E-state index contributed by atoms with van der Waals surface area (Å²) in [5.74, 6) is -0.0625. The topological polar surface area (TPSA) is 63.3 Å². The number of carbonyl (C=O) groups excluding carboxylic acids is 1. The van der Waals surface area contributed by atoms with E-state index in [9.17, 15) is 4.79 Å². The summed E-state index contributed by atoms with van der Waals surface area (Å²) < 4.78 is 6.24. The zero-order valence-corrected chi connectivity index (χ0v) is 24.7. The summed E-state index contributed by atoms with van der Waals surface area (Å²) >= 11 is 1.74. The van der Waals surface area contributed by atoms with Gasteiger partial charge in [0.1, 0.15) is 16.0 Å². The number of hydrogen-bond acceptors (Lipinski definition) is 5. The fourth-order valence-corrected chi connectivity index (χ4v) is 5.80. The first-order valence-electron chi connectivity index (χ1n) is 12.0. The number of benzene rings is 3. The third kappa shape index (κ3) is 5.48. The van der Waals surface area contributed by atoms with Gasteiger partial charge in [-0.3, -0.25) is 9.78 Å². The van der Waals surface area contributed by atoms with E-state index in [4.69, 9.17) is 14.5 Å². The molecule has 4 nitrogen and oxygen atoms in total. The summed E-state index contributed by atoms with van der Waals surface area (Å²) in [7, 11) is 0. The van der Waals surface area contributed by atoms with Gasteiger partial charge >= 0.3 is 0 Å². The number of allylic oxidation sites excluding steroid dienone is 2. The van der Waals surface area contributed by atoms with Crippen molar-refractivity contribution in [1.82, 2.24) is 4.98 Å². The Morgan fingerprint density at radius 2 is 1.76 bits per heavy atom. The summed E-state index contributed by atoms with van der Waals surface area (Å²) in [6.45, 7) is 7.20. The van der Waals surface area contributed by atoms with Crippen molar-refractivity contribution in [3.05, 3.63) is 102 Å². The third-order valence-corrected chi connectivity index (χ3v) is 7.19. The smallest absolute Gasteiger partial charge is 0.155 e. The van der Waals surface area contributed by atoms with Crippen molar-refractivity contribution in [2.24, 2.45) is 0 Å². The van der Waals surface area contributed by atoms with Gasteiger partial charge in [0.25, 0.3) is 0 Å². The third-order valence-electron chi connectivity index (χ3n) is 6.13. The molecule has 0 amide bonds. The maximum Gasteiger partial charge on any atom is 0.155 e. The number of rotatable bonds is 3. The van der Waals surface area contributed by atoms with Crippen LogP contribution in [0.15, 0.2) is 89.0 Å². The van der Waals surface area contributed by atoms with Crippen LogP contribution in [0, 0.1) is 19.9 Å². The second-order valence-electron chi connectivity index (χ2n) is 9.04. The number of pyridine rings is 1. The number of hydrogen-bond donors (Lipinski definition) is 1. The van der Waals surface area contributed by atoms with Gasteiger partial charge in [-0.1, -0.05) is 30.3 Å². The number of ketones is 1. The predicted octanol–water partition coefficient (Wildman–Crippen LogP) is 8.98. The van der Waals surface area contributed by atoms with E-state index in [1.165, 1.54) is 52.3 Å². The molecule has 0 saturated carbocycles. The fraction of sp³-hybridized carbons (Fsp3) is 0.125. The molecule has 0 aliphatic carbocycles. The molecule has 0 atom stereocenters. The maximum atomic E-state index is 10.0. The Bertz CT molecular complexity index is 1790. The van der Waals surface area contributed by atoms with Gasteiger partial charge in [-0.15, -0.1) is 47.2 Å². The first-order valence-corrected chi connectivity index (χ1v) is 12.8. The Morgan fingerprint density at radius 3 is 2.45 bits per heavy atom. The molecular formula is C32H26IrNO3S-. The van der Waals surface area contributed by atoms with Gasteiger partial charge in [0.2, 0.25) is 0 Å². The van der Waals surface area contributed by atoms with Crippen LogP contribution in [-0.4, -0.2) is 15.9 Å². The molecule has 1 N–H and O–H groups in total. The van der Waals surface area contributed by atoms with Crippen molar-refractivity contribution in [2.45, 2.75) is 27.7 Å². The molecule has 38 heavy (non-hydrogen) atoms. The van der Waals surface area contributed by atoms with E-state index in [-0.39, 0.29) is 31.6 Å². The average molecular weight is 697 g/mol. The Morgan fingerprint density at radius 1 is 1.00 bits per heavy atom. The van der Waals surface area contributed by atoms with Crippen LogP contribution in [0.2, 0.25) is 0 Å². The summed E-state index contributed by atoms with van der Waals surface area (Å²) in [5, 5.41) is 11.9. The molecule has 193 valence electrons. The Hall–Kier alpha value is -3.57. The number of nitrogens with zero attached hydrogens (tertiary/aromatic N) is 1. The Labute approximate surface area is 239 Å². The van der Waals surface area contributed by atoms with Crippen LogP contribution in [0.25, 0.3) is 53.9 Å². The van der Waals surface area contributed by atoms with Gasteiger partial charge in [-0.05, 0) is 57.2 Å². The van der Waals surface area contributed by atoms with Crippen LogP contribution in [-0.2, 0) is 24.9 Å². The number of aliphatic hydroxyl groups is 1. The quantitative estimate of drug-likeness (QED) is 0.114. The normalized spacial score (nSPS) is 11.3. The molecule has 3 heterocycles. The van der Waals surface area contributed by atoms with E-state index in [1.54, 1.807) is 11.3 Å². The van der Waals surface area contributed by atoms with Crippen LogP contribution in [0.3, 0.4) is 0 Å². The molecule has 6 rings (SSSR count). The summed E-state index contributed by atoms with van der Waals surface area (Å²) in [5.41, 5.74) is 7.58. The molecular weight excluding hydrogens is 671 g/mol. The zero-order chi connectivity index (χ0) is 26.1. The van der Waals surface area contributed by atoms with Crippen LogP contribution in [0.4, 0.5) is 0 Å². The van der Waals surface area contributed by atoms with E-state index >= 15 is 0 Å². The van der Waals surface area contributed by atoms with E-state index in [2.05, 4.69) is 56.3 Å². The molecule has 0 saturated heterocycles. The summed E-state index contributed by atoms with van der Waals surface area (Å²) in [6, 6.07) is 28.2. The fourth-order valence-electron chi connectivity index (χ4n) is 4.60. The number of furan rings is 1. The standard InChI is InChI=1S/C27H18NOS.C5H8O2.Ir/c1-16-14-21-20-10-6-7-11-23(20)29-26(21)17(2)25(16)24-15-19-12-13-22(28-27(19)30-24)18-8-4-3-5-9-18;1-4(6)3-5(2)7;/h3-8,10-15H,1-2H3;3,6H,1-2H3;/q-1;;/b;4-3-;. The molecule has 3 aromatic heterocycles. The number of thiophene rings is 1. The van der Waals surface area contributed by atoms with Crippen LogP contribution in [0.5, 0.6) is 0 Å². The van der Waals surface area contributed by atoms with Crippen LogP contribution in [0.1, 0.15) is 25.0 Å². The van der Waals surface area contributed by atoms with E-state index in [1.807, 2.05) is 36.4 Å². The molecule has 6 heteroatoms. The van der Waals surface area contributed by atoms with Crippen molar-refractivity contribution in [1.29, 1.82) is 0 Å². The van der Waals surface area contributed by atoms with Crippen molar-refractivity contribution in [3.63, 3.8) is 0 Å². The Kier molecular flexibility index (Phi) is 8.27. The molecule has 3 aromatic carbocycles. The van der Waals surface area contributed by atoms with Gasteiger partial charge in [0.15, 0.2) is 5.78 Å². The molecule has 0 unspecified atom stereocenters. The second kappa shape index (κ2) is 11.4. The van der Waals surface area contributed by atoms with Crippen LogP contribution < -0.4 is 0 Å². The van der Waals surface area contributed by atoms with Crippen molar-refractivity contribution in [2.75, 3.05) is 0 Å². The first-order chi connectivity index (χ1) is 17.8. The molecule has 6 aromatic rings. The van der Waals surface area contributed by atoms with E-state index in [0.29, 0.717) is 0 Å². The zero-order valence-electron chi connectivity index (χ0n) is 21.5. The van der Waals surface area contributed by atoms with Gasteiger partial charge < -0.3 is 9.52 Å². The second-order valence-corrected chi connectivity index (χ2v) is 10.1. The monoisotopic (exact) mass is 697 g/mol. The van der Waals surface area contributed by atoms with Gasteiger partial charge in [0, 0.05) is 58.3 Å². The van der Waals surface area contributed by atoms with E-state index in [0.717, 1.165) is 32.6 Å². The van der Waals surface area contributed by atoms with Gasteiger partial charge in [-0.25, -0.2) is 0 Å². The molecule has 0 bridgehead atoms. The van der Waals surface area contributed by atoms with Crippen LogP contribution >= 0.6 is 11.3 Å². The average Bonchev–Trinajstić information content (AvgIpc) is 3.45. The minimum absolute atomic E-state index is 0. The van der Waals surface area contributed by atoms with Gasteiger partial charge in [-0.2, -0.15) is 0 Å². The van der Waals surface area contributed by atoms with E-state index < -0.39 is 0 Å². The Balaban J connectivity index is 0.000000375. The van der Waals surface area contributed by atoms with Gasteiger partial charge in [0.05, 0.1) is 5.76 Å². The molecule has 0 fully saturated rings. The maximum absolute atomic E-state index is 10.0. The SMILES string of the molecule is CC(=O)/C=C(/C)O.Cc1cc2c(oc3ccccc32)c(C)c1-c1cc2ccc(-c3[c-]cccc3)nc2s1.[Ir]. The van der Waals surface area contributed by atoms with Crippen molar-refractivity contribution >= 4 is 49.3 Å². The first kappa shape index (κ1) is 27.5. The van der Waals surface area contributed by atoms with Crippen molar-refractivity contribution < 1.29 is 34.4 Å². The minimum atomic E-state index is -0.125. The molecule has 1 radical (unpaired) electrons. The number of aromatic nitrogens is 1. The number of aryl methyl sites for hydroxylation is 2. The summed E-state index contributed by atoms with van der Waals surface area (Å²) in [4.78, 5) is 17.2.